The van der Waals surface area contributed by atoms with Crippen LogP contribution >= 0.6 is 0 Å². The van der Waals surface area contributed by atoms with Crippen LogP contribution in [0.4, 0.5) is 10.5 Å². The van der Waals surface area contributed by atoms with Gasteiger partial charge in [0.2, 0.25) is 0 Å². The zero-order valence-electron chi connectivity index (χ0n) is 13.1. The first-order valence-electron chi connectivity index (χ1n) is 7.51. The number of hydrogen-bond donors (Lipinski definition) is 2. The van der Waals surface area contributed by atoms with Gasteiger partial charge in [0.15, 0.2) is 0 Å². The minimum absolute atomic E-state index is 0.223. The summed E-state index contributed by atoms with van der Waals surface area (Å²) in [4.78, 5) is 11.9. The Balaban J connectivity index is 1.82. The highest BCUT2D eigenvalue weighted by atomic mass is 16.5. The molecule has 2 amide bonds. The molecule has 0 aliphatic heterocycles. The maximum Gasteiger partial charge on any atom is 0.319 e. The smallest absolute Gasteiger partial charge is 0.319 e. The Bertz CT molecular complexity index is 609. The lowest BCUT2D eigenvalue weighted by Crippen LogP contribution is -2.30. The van der Waals surface area contributed by atoms with Crippen LogP contribution in [0.5, 0.6) is 5.75 Å². The zero-order chi connectivity index (χ0) is 15.8. The molecule has 2 aromatic rings. The van der Waals surface area contributed by atoms with Crippen LogP contribution in [0.15, 0.2) is 48.5 Å². The molecule has 0 fully saturated rings. The molecule has 4 nitrogen and oxygen atoms in total. The van der Waals surface area contributed by atoms with Crippen molar-refractivity contribution in [3.05, 3.63) is 59.7 Å². The number of urea groups is 1. The number of para-hydroxylation sites is 2. The average molecular weight is 298 g/mol. The Kier molecular flexibility index (Phi) is 5.83. The van der Waals surface area contributed by atoms with Gasteiger partial charge >= 0.3 is 6.03 Å². The Hall–Kier alpha value is -2.49. The van der Waals surface area contributed by atoms with Crippen molar-refractivity contribution in [3.8, 4) is 5.75 Å². The second kappa shape index (κ2) is 8.08. The van der Waals surface area contributed by atoms with E-state index in [4.69, 9.17) is 4.74 Å². The summed E-state index contributed by atoms with van der Waals surface area (Å²) in [7, 11) is 0. The van der Waals surface area contributed by atoms with Gasteiger partial charge in [0.25, 0.3) is 0 Å². The monoisotopic (exact) mass is 298 g/mol. The molecule has 2 N–H and O–H groups in total. The highest BCUT2D eigenvalue weighted by molar-refractivity contribution is 5.90. The van der Waals surface area contributed by atoms with Crippen molar-refractivity contribution in [3.63, 3.8) is 0 Å². The first-order chi connectivity index (χ1) is 10.7. The van der Waals surface area contributed by atoms with Crippen molar-refractivity contribution < 1.29 is 9.53 Å². The summed E-state index contributed by atoms with van der Waals surface area (Å²) < 4.78 is 5.48. The molecule has 0 aromatic heterocycles. The maximum absolute atomic E-state index is 11.9. The molecular weight excluding hydrogens is 276 g/mol. The van der Waals surface area contributed by atoms with Crippen LogP contribution in [0.3, 0.4) is 0 Å². The van der Waals surface area contributed by atoms with E-state index in [9.17, 15) is 4.79 Å². The Morgan fingerprint density at radius 1 is 1.09 bits per heavy atom. The zero-order valence-corrected chi connectivity index (χ0v) is 13.1. The van der Waals surface area contributed by atoms with E-state index in [2.05, 4.69) is 41.8 Å². The Morgan fingerprint density at radius 2 is 1.82 bits per heavy atom. The molecule has 2 rings (SSSR count). The van der Waals surface area contributed by atoms with E-state index in [1.54, 1.807) is 0 Å². The fourth-order valence-corrected chi connectivity index (χ4v) is 2.09. The van der Waals surface area contributed by atoms with Gasteiger partial charge in [0.1, 0.15) is 5.75 Å². The molecule has 22 heavy (non-hydrogen) atoms. The summed E-state index contributed by atoms with van der Waals surface area (Å²) in [5.74, 6) is 0.679. The Labute approximate surface area is 131 Å². The van der Waals surface area contributed by atoms with Crippen LogP contribution in [-0.4, -0.2) is 19.2 Å². The Morgan fingerprint density at radius 3 is 2.55 bits per heavy atom. The van der Waals surface area contributed by atoms with Gasteiger partial charge in [0.05, 0.1) is 12.3 Å². The van der Waals surface area contributed by atoms with Crippen LogP contribution in [0.1, 0.15) is 18.1 Å². The third-order valence-corrected chi connectivity index (χ3v) is 3.25. The topological polar surface area (TPSA) is 50.4 Å². The van der Waals surface area contributed by atoms with E-state index < -0.39 is 0 Å². The minimum atomic E-state index is -0.223. The van der Waals surface area contributed by atoms with E-state index in [-0.39, 0.29) is 6.03 Å². The number of rotatable bonds is 6. The molecule has 0 saturated heterocycles. The van der Waals surface area contributed by atoms with Gasteiger partial charge in [-0.2, -0.15) is 0 Å². The maximum atomic E-state index is 11.9. The van der Waals surface area contributed by atoms with Crippen molar-refractivity contribution in [2.24, 2.45) is 0 Å². The van der Waals surface area contributed by atoms with Crippen molar-refractivity contribution in [1.82, 2.24) is 5.32 Å². The lowest BCUT2D eigenvalue weighted by Gasteiger charge is -2.12. The molecule has 0 saturated carbocycles. The number of ether oxygens (including phenoxy) is 1. The molecule has 0 heterocycles. The molecule has 4 heteroatoms. The normalized spacial score (nSPS) is 10.1. The molecule has 0 unspecified atom stereocenters. The van der Waals surface area contributed by atoms with E-state index in [0.717, 1.165) is 6.42 Å². The van der Waals surface area contributed by atoms with Crippen molar-refractivity contribution in [2.75, 3.05) is 18.5 Å². The van der Waals surface area contributed by atoms with Gasteiger partial charge in [0, 0.05) is 6.54 Å². The third-order valence-electron chi connectivity index (χ3n) is 3.25. The third kappa shape index (κ3) is 4.81. The van der Waals surface area contributed by atoms with Gasteiger partial charge in [-0.05, 0) is 38.0 Å². The molecular formula is C18H22N2O2. The molecule has 116 valence electrons. The highest BCUT2D eigenvalue weighted by Gasteiger charge is 2.06. The van der Waals surface area contributed by atoms with Gasteiger partial charge in [-0.3, -0.25) is 0 Å². The summed E-state index contributed by atoms with van der Waals surface area (Å²) in [5, 5.41) is 5.67. The van der Waals surface area contributed by atoms with Crippen LogP contribution < -0.4 is 15.4 Å². The number of anilines is 1. The summed E-state index contributed by atoms with van der Waals surface area (Å²) in [6, 6.07) is 15.5. The second-order valence-corrected chi connectivity index (χ2v) is 5.05. The highest BCUT2D eigenvalue weighted by Crippen LogP contribution is 2.23. The lowest BCUT2D eigenvalue weighted by atomic mass is 10.1. The number of nitrogens with one attached hydrogen (secondary N) is 2. The van der Waals surface area contributed by atoms with Crippen LogP contribution in [0.25, 0.3) is 0 Å². The number of amides is 2. The van der Waals surface area contributed by atoms with Crippen LogP contribution in [0.2, 0.25) is 0 Å². The summed E-state index contributed by atoms with van der Waals surface area (Å²) in [6.45, 7) is 5.13. The predicted molar refractivity (Wildman–Crippen MR) is 89.5 cm³/mol. The van der Waals surface area contributed by atoms with E-state index >= 15 is 0 Å². The van der Waals surface area contributed by atoms with Gasteiger partial charge in [-0.15, -0.1) is 0 Å². The molecule has 0 radical (unpaired) electrons. The van der Waals surface area contributed by atoms with E-state index in [0.29, 0.717) is 24.6 Å². The molecule has 0 spiro atoms. The number of benzene rings is 2. The minimum Gasteiger partial charge on any atom is -0.492 e. The number of hydrogen-bond acceptors (Lipinski definition) is 2. The van der Waals surface area contributed by atoms with Gasteiger partial charge < -0.3 is 15.4 Å². The molecule has 0 aliphatic carbocycles. The van der Waals surface area contributed by atoms with Gasteiger partial charge in [-0.25, -0.2) is 4.79 Å². The molecule has 0 aliphatic rings. The van der Waals surface area contributed by atoms with Crippen molar-refractivity contribution in [1.29, 1.82) is 0 Å². The summed E-state index contributed by atoms with van der Waals surface area (Å²) in [6.07, 6.45) is 0.806. The van der Waals surface area contributed by atoms with Crippen molar-refractivity contribution >= 4 is 11.7 Å². The van der Waals surface area contributed by atoms with Gasteiger partial charge in [-0.1, -0.05) is 42.0 Å². The standard InChI is InChI=1S/C18H22N2O2/c1-3-22-17-7-5-4-6-16(17)20-18(21)19-13-12-15-10-8-14(2)9-11-15/h4-11H,3,12-13H2,1-2H3,(H2,19,20,21). The number of carbonyl (C=O) groups is 1. The molecule has 2 aromatic carbocycles. The predicted octanol–water partition coefficient (Wildman–Crippen LogP) is 3.76. The summed E-state index contributed by atoms with van der Waals surface area (Å²) in [5.41, 5.74) is 3.12. The first-order valence-corrected chi connectivity index (χ1v) is 7.51. The van der Waals surface area contributed by atoms with Crippen LogP contribution in [-0.2, 0) is 6.42 Å². The number of carbonyl (C=O) groups excluding carboxylic acids is 1. The molecule has 0 atom stereocenters. The average Bonchev–Trinajstić information content (AvgIpc) is 2.51. The van der Waals surface area contributed by atoms with E-state index in [1.807, 2.05) is 31.2 Å². The van der Waals surface area contributed by atoms with E-state index in [1.165, 1.54) is 11.1 Å². The fraction of sp³-hybridized carbons (Fsp3) is 0.278. The molecule has 0 bridgehead atoms. The number of aryl methyl sites for hydroxylation is 1. The quantitative estimate of drug-likeness (QED) is 0.853. The first kappa shape index (κ1) is 15.9. The largest absolute Gasteiger partial charge is 0.492 e. The lowest BCUT2D eigenvalue weighted by molar-refractivity contribution is 0.252. The van der Waals surface area contributed by atoms with Crippen molar-refractivity contribution in [2.45, 2.75) is 20.3 Å². The second-order valence-electron chi connectivity index (χ2n) is 5.05. The SMILES string of the molecule is CCOc1ccccc1NC(=O)NCCc1ccc(C)cc1. The fourth-order valence-electron chi connectivity index (χ4n) is 2.09. The van der Waals surface area contributed by atoms with Crippen LogP contribution in [0, 0.1) is 6.92 Å². The summed E-state index contributed by atoms with van der Waals surface area (Å²) >= 11 is 0.